The van der Waals surface area contributed by atoms with Crippen molar-refractivity contribution in [3.8, 4) is 5.75 Å². The van der Waals surface area contributed by atoms with Gasteiger partial charge in [0, 0.05) is 56.0 Å². The van der Waals surface area contributed by atoms with E-state index in [0.29, 0.717) is 19.6 Å². The molecule has 1 aromatic carbocycles. The number of carbonyl (C=O) groups is 2. The van der Waals surface area contributed by atoms with Gasteiger partial charge in [0.1, 0.15) is 18.4 Å². The number of halogens is 5. The Morgan fingerprint density at radius 3 is 2.58 bits per heavy atom. The van der Waals surface area contributed by atoms with Crippen molar-refractivity contribution < 1.29 is 45.8 Å². The number of rotatable bonds is 9. The zero-order chi connectivity index (χ0) is 29.4. The Morgan fingerprint density at radius 1 is 1.25 bits per heavy atom. The summed E-state index contributed by atoms with van der Waals surface area (Å²) in [5.74, 6) is -7.94. The smallest absolute Gasteiger partial charge is 0.417 e. The SMILES string of the molecule is COC1CN(CCOc2c([C@H]3[C@H](C(=O)Nc4ccnc(C(N)=O)c4)O[C@@](C)(C(F)(F)F)[C@H]3C)ccc(F)c2F)C1. The van der Waals surface area contributed by atoms with Crippen LogP contribution in [-0.4, -0.2) is 79.0 Å². The van der Waals surface area contributed by atoms with E-state index in [1.807, 2.05) is 4.90 Å². The van der Waals surface area contributed by atoms with E-state index in [-0.39, 0.29) is 29.7 Å². The van der Waals surface area contributed by atoms with Gasteiger partial charge in [-0.3, -0.25) is 19.5 Å². The number of carbonyl (C=O) groups excluding carboxylic acids is 2. The number of nitrogens with two attached hydrogens (primary N) is 1. The van der Waals surface area contributed by atoms with Crippen molar-refractivity contribution in [2.75, 3.05) is 38.7 Å². The third kappa shape index (κ3) is 5.60. The van der Waals surface area contributed by atoms with Crippen molar-refractivity contribution >= 4 is 17.5 Å². The predicted octanol–water partition coefficient (Wildman–Crippen LogP) is 3.25. The van der Waals surface area contributed by atoms with Crippen molar-refractivity contribution in [2.45, 2.75) is 43.8 Å². The van der Waals surface area contributed by atoms with Crippen LogP contribution < -0.4 is 15.8 Å². The topological polar surface area (TPSA) is 116 Å². The molecule has 4 atom stereocenters. The summed E-state index contributed by atoms with van der Waals surface area (Å²) in [5, 5.41) is 2.41. The summed E-state index contributed by atoms with van der Waals surface area (Å²) in [6, 6.07) is 4.31. The van der Waals surface area contributed by atoms with Gasteiger partial charge in [0.15, 0.2) is 17.2 Å². The van der Waals surface area contributed by atoms with E-state index in [4.69, 9.17) is 19.9 Å². The minimum atomic E-state index is -4.91. The number of likely N-dealkylation sites (tertiary alicyclic amines) is 1. The maximum absolute atomic E-state index is 15.1. The summed E-state index contributed by atoms with van der Waals surface area (Å²) in [6.45, 7) is 3.49. The number of amides is 2. The lowest BCUT2D eigenvalue weighted by atomic mass is 9.77. The molecule has 0 unspecified atom stereocenters. The zero-order valence-electron chi connectivity index (χ0n) is 21.9. The third-order valence-electron chi connectivity index (χ3n) is 7.56. The normalized spacial score (nSPS) is 25.4. The van der Waals surface area contributed by atoms with Crippen LogP contribution in [-0.2, 0) is 14.3 Å². The number of pyridine rings is 1. The Balaban J connectivity index is 1.67. The molecule has 1 aromatic heterocycles. The van der Waals surface area contributed by atoms with Crippen LogP contribution >= 0.6 is 0 Å². The fourth-order valence-corrected chi connectivity index (χ4v) is 4.97. The molecule has 4 rings (SSSR count). The first-order valence-electron chi connectivity index (χ1n) is 12.4. The Hall–Kier alpha value is -3.36. The third-order valence-corrected chi connectivity index (χ3v) is 7.56. The second-order valence-corrected chi connectivity index (χ2v) is 9.99. The van der Waals surface area contributed by atoms with Crippen LogP contribution in [0.25, 0.3) is 0 Å². The molecule has 218 valence electrons. The Bertz CT molecular complexity index is 1270. The van der Waals surface area contributed by atoms with E-state index < -0.39 is 58.9 Å². The van der Waals surface area contributed by atoms with Crippen LogP contribution in [0.4, 0.5) is 27.6 Å². The largest absolute Gasteiger partial charge is 0.489 e. The maximum atomic E-state index is 15.1. The first-order chi connectivity index (χ1) is 18.8. The van der Waals surface area contributed by atoms with Gasteiger partial charge in [0.2, 0.25) is 5.82 Å². The molecule has 2 amide bonds. The highest BCUT2D eigenvalue weighted by molar-refractivity contribution is 5.97. The van der Waals surface area contributed by atoms with Crippen LogP contribution in [0.15, 0.2) is 30.5 Å². The first kappa shape index (κ1) is 29.6. The molecule has 0 spiro atoms. The lowest BCUT2D eigenvalue weighted by Crippen LogP contribution is -2.52. The van der Waals surface area contributed by atoms with Gasteiger partial charge in [0.05, 0.1) is 6.10 Å². The number of hydrogen-bond donors (Lipinski definition) is 2. The van der Waals surface area contributed by atoms with Crippen molar-refractivity contribution in [3.63, 3.8) is 0 Å². The van der Waals surface area contributed by atoms with Crippen LogP contribution in [0.3, 0.4) is 0 Å². The number of benzene rings is 1. The van der Waals surface area contributed by atoms with E-state index >= 15 is 4.39 Å². The minimum Gasteiger partial charge on any atom is -0.489 e. The summed E-state index contributed by atoms with van der Waals surface area (Å²) < 4.78 is 88.2. The summed E-state index contributed by atoms with van der Waals surface area (Å²) in [5.41, 5.74) is 2.08. The van der Waals surface area contributed by atoms with E-state index in [2.05, 4.69) is 10.3 Å². The van der Waals surface area contributed by atoms with Gasteiger partial charge >= 0.3 is 6.18 Å². The average Bonchev–Trinajstić information content (AvgIpc) is 3.15. The number of nitrogens with one attached hydrogen (secondary N) is 1. The molecule has 3 N–H and O–H groups in total. The highest BCUT2D eigenvalue weighted by atomic mass is 19.4. The van der Waals surface area contributed by atoms with Crippen LogP contribution in [0.2, 0.25) is 0 Å². The van der Waals surface area contributed by atoms with Gasteiger partial charge in [-0.1, -0.05) is 13.0 Å². The van der Waals surface area contributed by atoms with Gasteiger partial charge in [-0.25, -0.2) is 4.39 Å². The Kier molecular flexibility index (Phi) is 8.33. The average molecular weight is 573 g/mol. The standard InChI is InChI=1S/C26H29F5N4O5/c1-13-19(16-4-5-17(27)20(28)21(16)39-9-8-35-11-15(12-35)38-3)22(40-25(13,2)26(29,30)31)24(37)34-14-6-7-33-18(10-14)23(32)36/h4-7,10,13,15,19,22H,8-9,11-12H2,1-3H3,(H2,32,36)(H,33,34,37)/t13-,19-,22+,25+/m0/s1. The highest BCUT2D eigenvalue weighted by Crippen LogP contribution is 2.55. The maximum Gasteiger partial charge on any atom is 0.417 e. The van der Waals surface area contributed by atoms with Gasteiger partial charge in [-0.15, -0.1) is 0 Å². The van der Waals surface area contributed by atoms with Crippen LogP contribution in [0.1, 0.15) is 35.8 Å². The molecule has 0 bridgehead atoms. The number of alkyl halides is 3. The van der Waals surface area contributed by atoms with Crippen molar-refractivity contribution in [2.24, 2.45) is 11.7 Å². The fraction of sp³-hybridized carbons (Fsp3) is 0.500. The van der Waals surface area contributed by atoms with E-state index in [1.165, 1.54) is 19.2 Å². The van der Waals surface area contributed by atoms with E-state index in [0.717, 1.165) is 25.1 Å². The summed E-state index contributed by atoms with van der Waals surface area (Å²) >= 11 is 0. The molecule has 3 heterocycles. The summed E-state index contributed by atoms with van der Waals surface area (Å²) in [4.78, 5) is 30.5. The number of hydrogen-bond acceptors (Lipinski definition) is 7. The minimum absolute atomic E-state index is 0.0232. The number of ether oxygens (including phenoxy) is 3. The van der Waals surface area contributed by atoms with Gasteiger partial charge in [-0.2, -0.15) is 17.6 Å². The highest BCUT2D eigenvalue weighted by Gasteiger charge is 2.66. The summed E-state index contributed by atoms with van der Waals surface area (Å²) in [7, 11) is 1.57. The van der Waals surface area contributed by atoms with Gasteiger partial charge in [-0.05, 0) is 25.1 Å². The molecule has 0 radical (unpaired) electrons. The first-order valence-corrected chi connectivity index (χ1v) is 12.4. The van der Waals surface area contributed by atoms with E-state index in [9.17, 15) is 27.2 Å². The number of primary amides is 1. The molecule has 2 saturated heterocycles. The Labute approximate surface area is 226 Å². The zero-order valence-corrected chi connectivity index (χ0v) is 21.9. The molecule has 14 heteroatoms. The second-order valence-electron chi connectivity index (χ2n) is 9.99. The molecule has 40 heavy (non-hydrogen) atoms. The number of anilines is 1. The van der Waals surface area contributed by atoms with Crippen molar-refractivity contribution in [3.05, 3.63) is 53.4 Å². The van der Waals surface area contributed by atoms with Crippen molar-refractivity contribution in [1.82, 2.24) is 9.88 Å². The second kappa shape index (κ2) is 11.3. The van der Waals surface area contributed by atoms with E-state index in [1.54, 1.807) is 7.11 Å². The van der Waals surface area contributed by atoms with Gasteiger partial charge in [0.25, 0.3) is 11.8 Å². The molecule has 2 aromatic rings. The van der Waals surface area contributed by atoms with Gasteiger partial charge < -0.3 is 25.3 Å². The number of aromatic nitrogens is 1. The lowest BCUT2D eigenvalue weighted by Gasteiger charge is -2.38. The van der Waals surface area contributed by atoms with Crippen LogP contribution in [0.5, 0.6) is 5.75 Å². The molecule has 9 nitrogen and oxygen atoms in total. The Morgan fingerprint density at radius 2 is 1.95 bits per heavy atom. The summed E-state index contributed by atoms with van der Waals surface area (Å²) in [6.07, 6.45) is -5.47. The molecule has 0 aliphatic carbocycles. The predicted molar refractivity (Wildman–Crippen MR) is 132 cm³/mol. The lowest BCUT2D eigenvalue weighted by molar-refractivity contribution is -0.272. The molecular formula is C26H29F5N4O5. The quantitative estimate of drug-likeness (QED) is 0.444. The van der Waals surface area contributed by atoms with Crippen LogP contribution in [0, 0.1) is 17.6 Å². The monoisotopic (exact) mass is 572 g/mol. The fourth-order valence-electron chi connectivity index (χ4n) is 4.97. The molecule has 2 aliphatic heterocycles. The molecule has 2 fully saturated rings. The molecular weight excluding hydrogens is 543 g/mol. The number of nitrogens with zero attached hydrogens (tertiary/aromatic N) is 2. The van der Waals surface area contributed by atoms with Crippen molar-refractivity contribution in [1.29, 1.82) is 0 Å². The molecule has 0 saturated carbocycles. The number of methoxy groups -OCH3 is 1. The molecule has 2 aliphatic rings.